The summed E-state index contributed by atoms with van der Waals surface area (Å²) in [6, 6.07) is 0. The SMILES string of the molecule is CCSCc1ncc(CCN)cn1. The van der Waals surface area contributed by atoms with Crippen molar-refractivity contribution < 1.29 is 0 Å². The van der Waals surface area contributed by atoms with Crippen molar-refractivity contribution in [1.29, 1.82) is 0 Å². The predicted molar refractivity (Wildman–Crippen MR) is 56.6 cm³/mol. The van der Waals surface area contributed by atoms with Crippen molar-refractivity contribution in [2.24, 2.45) is 5.73 Å². The molecule has 3 nitrogen and oxygen atoms in total. The minimum Gasteiger partial charge on any atom is -0.330 e. The van der Waals surface area contributed by atoms with Gasteiger partial charge in [-0.05, 0) is 24.3 Å². The maximum atomic E-state index is 5.42. The monoisotopic (exact) mass is 197 g/mol. The van der Waals surface area contributed by atoms with Crippen molar-refractivity contribution in [2.75, 3.05) is 12.3 Å². The maximum absolute atomic E-state index is 5.42. The lowest BCUT2D eigenvalue weighted by molar-refractivity contribution is 0.920. The fourth-order valence-electron chi connectivity index (χ4n) is 0.945. The minimum atomic E-state index is 0.659. The topological polar surface area (TPSA) is 51.8 Å². The first kappa shape index (κ1) is 10.5. The van der Waals surface area contributed by atoms with Crippen molar-refractivity contribution in [3.63, 3.8) is 0 Å². The molecule has 4 heteroatoms. The Morgan fingerprint density at radius 3 is 2.62 bits per heavy atom. The Bertz CT molecular complexity index is 235. The molecule has 0 aliphatic carbocycles. The van der Waals surface area contributed by atoms with Gasteiger partial charge in [0.15, 0.2) is 0 Å². The molecule has 0 radical (unpaired) electrons. The van der Waals surface area contributed by atoms with E-state index >= 15 is 0 Å². The van der Waals surface area contributed by atoms with Gasteiger partial charge in [0, 0.05) is 12.4 Å². The average molecular weight is 197 g/mol. The Morgan fingerprint density at radius 2 is 2.08 bits per heavy atom. The molecular formula is C9H15N3S. The second-order valence-corrected chi connectivity index (χ2v) is 3.96. The highest BCUT2D eigenvalue weighted by atomic mass is 32.2. The van der Waals surface area contributed by atoms with Gasteiger partial charge in [0.05, 0.1) is 5.75 Å². The van der Waals surface area contributed by atoms with Crippen LogP contribution >= 0.6 is 11.8 Å². The van der Waals surface area contributed by atoms with Gasteiger partial charge >= 0.3 is 0 Å². The molecule has 1 rings (SSSR count). The molecular weight excluding hydrogens is 182 g/mol. The quantitative estimate of drug-likeness (QED) is 0.771. The number of aromatic nitrogens is 2. The van der Waals surface area contributed by atoms with Crippen molar-refractivity contribution in [2.45, 2.75) is 19.1 Å². The molecule has 1 heterocycles. The number of nitrogens with zero attached hydrogens (tertiary/aromatic N) is 2. The lowest BCUT2D eigenvalue weighted by Gasteiger charge is -2.00. The van der Waals surface area contributed by atoms with Crippen LogP contribution in [0.5, 0.6) is 0 Å². The molecule has 0 aliphatic heterocycles. The lowest BCUT2D eigenvalue weighted by atomic mass is 10.2. The first-order chi connectivity index (χ1) is 6.36. The Kier molecular flexibility index (Phi) is 4.78. The van der Waals surface area contributed by atoms with E-state index < -0.39 is 0 Å². The number of hydrogen-bond acceptors (Lipinski definition) is 4. The molecule has 13 heavy (non-hydrogen) atoms. The van der Waals surface area contributed by atoms with E-state index in [-0.39, 0.29) is 0 Å². The molecule has 0 aromatic carbocycles. The van der Waals surface area contributed by atoms with Gasteiger partial charge in [0.1, 0.15) is 5.82 Å². The van der Waals surface area contributed by atoms with Crippen molar-refractivity contribution in [3.05, 3.63) is 23.8 Å². The number of rotatable bonds is 5. The fourth-order valence-corrected chi connectivity index (χ4v) is 1.48. The Labute approximate surface area is 83.2 Å². The van der Waals surface area contributed by atoms with E-state index in [0.717, 1.165) is 29.3 Å². The Hall–Kier alpha value is -0.610. The standard InChI is InChI=1S/C9H15N3S/c1-2-13-7-9-11-5-8(3-4-10)6-12-9/h5-6H,2-4,7,10H2,1H3. The fraction of sp³-hybridized carbons (Fsp3) is 0.556. The number of nitrogens with two attached hydrogens (primary N) is 1. The number of thioether (sulfide) groups is 1. The van der Waals surface area contributed by atoms with Crippen LogP contribution < -0.4 is 5.73 Å². The predicted octanol–water partition coefficient (Wildman–Crippen LogP) is 1.23. The highest BCUT2D eigenvalue weighted by Gasteiger charge is 1.96. The summed E-state index contributed by atoms with van der Waals surface area (Å²) >= 11 is 1.83. The summed E-state index contributed by atoms with van der Waals surface area (Å²) in [5.41, 5.74) is 6.54. The Balaban J connectivity index is 2.48. The Morgan fingerprint density at radius 1 is 1.38 bits per heavy atom. The third-order valence-corrected chi connectivity index (χ3v) is 2.50. The molecule has 0 saturated carbocycles. The van der Waals surface area contributed by atoms with Gasteiger partial charge in [-0.25, -0.2) is 9.97 Å². The third kappa shape index (κ3) is 3.74. The van der Waals surface area contributed by atoms with Crippen LogP contribution in [-0.4, -0.2) is 22.3 Å². The average Bonchev–Trinajstić information content (AvgIpc) is 2.17. The highest BCUT2D eigenvalue weighted by molar-refractivity contribution is 7.98. The smallest absolute Gasteiger partial charge is 0.138 e. The minimum absolute atomic E-state index is 0.659. The second-order valence-electron chi connectivity index (χ2n) is 2.68. The van der Waals surface area contributed by atoms with E-state index in [4.69, 9.17) is 5.73 Å². The molecule has 1 aromatic heterocycles. The van der Waals surface area contributed by atoms with Gasteiger partial charge in [-0.2, -0.15) is 11.8 Å². The van der Waals surface area contributed by atoms with Gasteiger partial charge in [-0.15, -0.1) is 0 Å². The van der Waals surface area contributed by atoms with Crippen LogP contribution in [-0.2, 0) is 12.2 Å². The van der Waals surface area contributed by atoms with Gasteiger partial charge in [-0.3, -0.25) is 0 Å². The van der Waals surface area contributed by atoms with Crippen LogP contribution in [0.3, 0.4) is 0 Å². The zero-order chi connectivity index (χ0) is 9.52. The summed E-state index contributed by atoms with van der Waals surface area (Å²) in [5, 5.41) is 0. The first-order valence-corrected chi connectivity index (χ1v) is 5.60. The van der Waals surface area contributed by atoms with Gasteiger partial charge in [0.2, 0.25) is 0 Å². The summed E-state index contributed by atoms with van der Waals surface area (Å²) in [4.78, 5) is 8.49. The molecule has 0 unspecified atom stereocenters. The molecule has 0 amide bonds. The molecule has 0 fully saturated rings. The highest BCUT2D eigenvalue weighted by Crippen LogP contribution is 2.06. The molecule has 2 N–H and O–H groups in total. The van der Waals surface area contributed by atoms with Gasteiger partial charge < -0.3 is 5.73 Å². The summed E-state index contributed by atoms with van der Waals surface area (Å²) in [7, 11) is 0. The zero-order valence-corrected chi connectivity index (χ0v) is 8.68. The molecule has 72 valence electrons. The second kappa shape index (κ2) is 5.94. The van der Waals surface area contributed by atoms with Crippen LogP contribution in [0.2, 0.25) is 0 Å². The third-order valence-electron chi connectivity index (χ3n) is 1.63. The molecule has 0 aliphatic rings. The number of hydrogen-bond donors (Lipinski definition) is 1. The zero-order valence-electron chi connectivity index (χ0n) is 7.86. The van der Waals surface area contributed by atoms with E-state index in [0.29, 0.717) is 6.54 Å². The van der Waals surface area contributed by atoms with Crippen molar-refractivity contribution >= 4 is 11.8 Å². The molecule has 1 aromatic rings. The summed E-state index contributed by atoms with van der Waals surface area (Å²) < 4.78 is 0. The van der Waals surface area contributed by atoms with Crippen LogP contribution in [0.15, 0.2) is 12.4 Å². The van der Waals surface area contributed by atoms with Gasteiger partial charge in [-0.1, -0.05) is 6.92 Å². The normalized spacial score (nSPS) is 10.3. The maximum Gasteiger partial charge on any atom is 0.138 e. The van der Waals surface area contributed by atoms with Crippen LogP contribution in [0.4, 0.5) is 0 Å². The van der Waals surface area contributed by atoms with E-state index in [1.54, 1.807) is 0 Å². The van der Waals surface area contributed by atoms with Crippen LogP contribution in [0.1, 0.15) is 18.3 Å². The van der Waals surface area contributed by atoms with Crippen LogP contribution in [0.25, 0.3) is 0 Å². The molecule has 0 bridgehead atoms. The van der Waals surface area contributed by atoms with Crippen LogP contribution in [0, 0.1) is 0 Å². The lowest BCUT2D eigenvalue weighted by Crippen LogP contribution is -2.04. The van der Waals surface area contributed by atoms with Crippen molar-refractivity contribution in [3.8, 4) is 0 Å². The van der Waals surface area contributed by atoms with E-state index in [9.17, 15) is 0 Å². The van der Waals surface area contributed by atoms with E-state index in [1.807, 2.05) is 24.2 Å². The van der Waals surface area contributed by atoms with Crippen molar-refractivity contribution in [1.82, 2.24) is 9.97 Å². The van der Waals surface area contributed by atoms with E-state index in [1.165, 1.54) is 0 Å². The van der Waals surface area contributed by atoms with Gasteiger partial charge in [0.25, 0.3) is 0 Å². The largest absolute Gasteiger partial charge is 0.330 e. The molecule has 0 spiro atoms. The summed E-state index contributed by atoms with van der Waals surface area (Å²) in [5.74, 6) is 2.92. The first-order valence-electron chi connectivity index (χ1n) is 4.44. The molecule has 0 saturated heterocycles. The molecule has 0 atom stereocenters. The van der Waals surface area contributed by atoms with E-state index in [2.05, 4.69) is 16.9 Å². The summed E-state index contributed by atoms with van der Waals surface area (Å²) in [6.07, 6.45) is 4.60. The summed E-state index contributed by atoms with van der Waals surface area (Å²) in [6.45, 7) is 2.79.